The first-order valence-electron chi connectivity index (χ1n) is 6.28. The SMILES string of the molecule is Cc1cc(C)cc(NC(=O)CSCc2nsnc2C)c1. The number of nitrogens with zero attached hydrogens (tertiary/aromatic N) is 2. The third kappa shape index (κ3) is 4.31. The Morgan fingerprint density at radius 1 is 1.20 bits per heavy atom. The maximum Gasteiger partial charge on any atom is 0.234 e. The number of nitrogens with one attached hydrogen (secondary N) is 1. The first-order chi connectivity index (χ1) is 9.54. The van der Waals surface area contributed by atoms with Gasteiger partial charge in [0.15, 0.2) is 0 Å². The number of carbonyl (C=O) groups excluding carboxylic acids is 1. The van der Waals surface area contributed by atoms with E-state index in [-0.39, 0.29) is 5.91 Å². The minimum absolute atomic E-state index is 0.0147. The van der Waals surface area contributed by atoms with Crippen molar-refractivity contribution in [3.8, 4) is 0 Å². The van der Waals surface area contributed by atoms with E-state index in [4.69, 9.17) is 0 Å². The number of aromatic nitrogens is 2. The molecule has 6 heteroatoms. The van der Waals surface area contributed by atoms with Crippen molar-refractivity contribution in [2.24, 2.45) is 0 Å². The largest absolute Gasteiger partial charge is 0.325 e. The second kappa shape index (κ2) is 6.85. The zero-order valence-electron chi connectivity index (χ0n) is 11.8. The van der Waals surface area contributed by atoms with Gasteiger partial charge in [0.25, 0.3) is 0 Å². The van der Waals surface area contributed by atoms with Crippen LogP contribution in [0.25, 0.3) is 0 Å². The van der Waals surface area contributed by atoms with Gasteiger partial charge in [-0.05, 0) is 44.0 Å². The summed E-state index contributed by atoms with van der Waals surface area (Å²) in [5, 5.41) is 2.93. The first-order valence-corrected chi connectivity index (χ1v) is 8.17. The lowest BCUT2D eigenvalue weighted by molar-refractivity contribution is -0.113. The molecule has 0 bridgehead atoms. The number of carbonyl (C=O) groups is 1. The third-order valence-corrected chi connectivity index (χ3v) is 4.33. The molecular formula is C14H17N3OS2. The molecular weight excluding hydrogens is 290 g/mol. The van der Waals surface area contributed by atoms with E-state index in [1.807, 2.05) is 32.9 Å². The van der Waals surface area contributed by atoms with E-state index in [1.165, 1.54) is 11.7 Å². The molecule has 20 heavy (non-hydrogen) atoms. The summed E-state index contributed by atoms with van der Waals surface area (Å²) in [6, 6.07) is 6.04. The van der Waals surface area contributed by atoms with Gasteiger partial charge in [-0.2, -0.15) is 8.75 Å². The molecule has 0 radical (unpaired) electrons. The van der Waals surface area contributed by atoms with E-state index >= 15 is 0 Å². The average molecular weight is 307 g/mol. The van der Waals surface area contributed by atoms with Gasteiger partial charge in [-0.3, -0.25) is 4.79 Å². The molecule has 2 aromatic rings. The van der Waals surface area contributed by atoms with E-state index in [0.717, 1.165) is 34.0 Å². The molecule has 4 nitrogen and oxygen atoms in total. The Balaban J connectivity index is 1.82. The van der Waals surface area contributed by atoms with Crippen LogP contribution < -0.4 is 5.32 Å². The Kier molecular flexibility index (Phi) is 5.14. The van der Waals surface area contributed by atoms with Gasteiger partial charge in [0.2, 0.25) is 5.91 Å². The average Bonchev–Trinajstić information content (AvgIpc) is 2.73. The van der Waals surface area contributed by atoms with E-state index < -0.39 is 0 Å². The molecule has 0 atom stereocenters. The maximum atomic E-state index is 11.9. The highest BCUT2D eigenvalue weighted by Crippen LogP contribution is 2.16. The number of hydrogen-bond donors (Lipinski definition) is 1. The van der Waals surface area contributed by atoms with Crippen LogP contribution in [-0.2, 0) is 10.5 Å². The van der Waals surface area contributed by atoms with Gasteiger partial charge in [0, 0.05) is 11.4 Å². The summed E-state index contributed by atoms with van der Waals surface area (Å²) in [5.41, 5.74) is 5.09. The molecule has 1 N–H and O–H groups in total. The lowest BCUT2D eigenvalue weighted by Gasteiger charge is -2.07. The molecule has 0 fully saturated rings. The van der Waals surface area contributed by atoms with Crippen LogP contribution in [0.5, 0.6) is 0 Å². The van der Waals surface area contributed by atoms with E-state index in [9.17, 15) is 4.79 Å². The van der Waals surface area contributed by atoms with E-state index in [1.54, 1.807) is 11.8 Å². The molecule has 2 rings (SSSR count). The topological polar surface area (TPSA) is 54.9 Å². The summed E-state index contributed by atoms with van der Waals surface area (Å²) >= 11 is 2.77. The molecule has 0 aliphatic rings. The van der Waals surface area contributed by atoms with Crippen LogP contribution in [0.3, 0.4) is 0 Å². The molecule has 0 saturated heterocycles. The van der Waals surface area contributed by atoms with Gasteiger partial charge in [0.1, 0.15) is 0 Å². The fraction of sp³-hybridized carbons (Fsp3) is 0.357. The van der Waals surface area contributed by atoms with Crippen molar-refractivity contribution >= 4 is 35.1 Å². The molecule has 0 saturated carbocycles. The fourth-order valence-corrected chi connectivity index (χ4v) is 3.34. The van der Waals surface area contributed by atoms with Gasteiger partial charge < -0.3 is 5.32 Å². The lowest BCUT2D eigenvalue weighted by Crippen LogP contribution is -2.14. The van der Waals surface area contributed by atoms with Crippen LogP contribution in [0.15, 0.2) is 18.2 Å². The van der Waals surface area contributed by atoms with Gasteiger partial charge in [-0.25, -0.2) is 0 Å². The molecule has 1 heterocycles. The minimum atomic E-state index is 0.0147. The summed E-state index contributed by atoms with van der Waals surface area (Å²) in [6.07, 6.45) is 0. The van der Waals surface area contributed by atoms with Crippen LogP contribution in [0.1, 0.15) is 22.5 Å². The predicted molar refractivity (Wildman–Crippen MR) is 85.4 cm³/mol. The summed E-state index contributed by atoms with van der Waals surface area (Å²) in [4.78, 5) is 11.9. The van der Waals surface area contributed by atoms with Crippen LogP contribution in [0.4, 0.5) is 5.69 Å². The maximum absolute atomic E-state index is 11.9. The number of hydrogen-bond acceptors (Lipinski definition) is 5. The van der Waals surface area contributed by atoms with Crippen LogP contribution in [0, 0.1) is 20.8 Å². The second-order valence-corrected chi connectivity index (χ2v) is 6.23. The molecule has 0 unspecified atom stereocenters. The summed E-state index contributed by atoms with van der Waals surface area (Å²) < 4.78 is 8.32. The van der Waals surface area contributed by atoms with Crippen molar-refractivity contribution < 1.29 is 4.79 Å². The Hall–Kier alpha value is -1.40. The number of amides is 1. The van der Waals surface area contributed by atoms with Crippen molar-refractivity contribution in [3.63, 3.8) is 0 Å². The Labute approximate surface area is 127 Å². The molecule has 0 aliphatic heterocycles. The zero-order valence-corrected chi connectivity index (χ0v) is 13.4. The molecule has 106 valence electrons. The number of anilines is 1. The fourth-order valence-electron chi connectivity index (χ4n) is 1.86. The van der Waals surface area contributed by atoms with Crippen LogP contribution in [-0.4, -0.2) is 20.4 Å². The molecule has 0 aliphatic carbocycles. The van der Waals surface area contributed by atoms with Gasteiger partial charge in [-0.15, -0.1) is 11.8 Å². The van der Waals surface area contributed by atoms with Gasteiger partial charge in [0.05, 0.1) is 28.9 Å². The Bertz CT molecular complexity index is 590. The quantitative estimate of drug-likeness (QED) is 0.920. The lowest BCUT2D eigenvalue weighted by atomic mass is 10.1. The molecule has 1 aromatic carbocycles. The number of aryl methyl sites for hydroxylation is 3. The summed E-state index contributed by atoms with van der Waals surface area (Å²) in [7, 11) is 0. The first kappa shape index (κ1) is 15.0. The predicted octanol–water partition coefficient (Wildman–Crippen LogP) is 3.34. The highest BCUT2D eigenvalue weighted by molar-refractivity contribution is 7.99. The van der Waals surface area contributed by atoms with Gasteiger partial charge >= 0.3 is 0 Å². The highest BCUT2D eigenvalue weighted by atomic mass is 32.2. The Morgan fingerprint density at radius 2 is 1.90 bits per heavy atom. The Morgan fingerprint density at radius 3 is 2.50 bits per heavy atom. The van der Waals surface area contributed by atoms with Crippen LogP contribution >= 0.6 is 23.5 Å². The normalized spacial score (nSPS) is 10.6. The third-order valence-electron chi connectivity index (χ3n) is 2.72. The number of benzene rings is 1. The molecule has 1 aromatic heterocycles. The van der Waals surface area contributed by atoms with E-state index in [0.29, 0.717) is 5.75 Å². The van der Waals surface area contributed by atoms with Crippen molar-refractivity contribution in [1.29, 1.82) is 0 Å². The van der Waals surface area contributed by atoms with Crippen molar-refractivity contribution in [1.82, 2.24) is 8.75 Å². The summed E-state index contributed by atoms with van der Waals surface area (Å²) in [5.74, 6) is 1.16. The summed E-state index contributed by atoms with van der Waals surface area (Å²) in [6.45, 7) is 5.99. The van der Waals surface area contributed by atoms with E-state index in [2.05, 4.69) is 20.1 Å². The molecule has 1 amide bonds. The number of thioether (sulfide) groups is 1. The smallest absolute Gasteiger partial charge is 0.234 e. The minimum Gasteiger partial charge on any atom is -0.325 e. The van der Waals surface area contributed by atoms with Gasteiger partial charge in [-0.1, -0.05) is 6.07 Å². The number of rotatable bonds is 5. The van der Waals surface area contributed by atoms with Crippen molar-refractivity contribution in [2.45, 2.75) is 26.5 Å². The molecule has 0 spiro atoms. The zero-order chi connectivity index (χ0) is 14.5. The second-order valence-electron chi connectivity index (χ2n) is 4.71. The highest BCUT2D eigenvalue weighted by Gasteiger charge is 2.07. The van der Waals surface area contributed by atoms with Crippen LogP contribution in [0.2, 0.25) is 0 Å². The standard InChI is InChI=1S/C14H17N3OS2/c1-9-4-10(2)6-12(5-9)15-14(18)8-19-7-13-11(3)16-20-17-13/h4-6H,7-8H2,1-3H3,(H,15,18). The monoisotopic (exact) mass is 307 g/mol. The van der Waals surface area contributed by atoms with Crippen molar-refractivity contribution in [3.05, 3.63) is 40.7 Å². The van der Waals surface area contributed by atoms with Crippen molar-refractivity contribution in [2.75, 3.05) is 11.1 Å².